The molecule has 0 aliphatic carbocycles. The van der Waals surface area contributed by atoms with Crippen molar-refractivity contribution in [3.05, 3.63) is 0 Å². The lowest BCUT2D eigenvalue weighted by molar-refractivity contribution is 0.315. The van der Waals surface area contributed by atoms with Gasteiger partial charge in [0.1, 0.15) is 0 Å². The standard InChI is InChI=1S/C11H23N/c1-3-5-8-12-9-7-11(10-12)6-4-2/h11H,3-10H2,1-2H3/t11-/m1/s1. The molecule has 12 heavy (non-hydrogen) atoms. The first-order chi connectivity index (χ1) is 5.86. The largest absolute Gasteiger partial charge is 0.303 e. The van der Waals surface area contributed by atoms with E-state index in [0.29, 0.717) is 0 Å². The van der Waals surface area contributed by atoms with E-state index in [1.807, 2.05) is 0 Å². The molecule has 0 unspecified atom stereocenters. The molecule has 1 aliphatic heterocycles. The predicted octanol–water partition coefficient (Wildman–Crippen LogP) is 2.91. The average Bonchev–Trinajstić information content (AvgIpc) is 2.50. The van der Waals surface area contributed by atoms with Gasteiger partial charge in [-0.1, -0.05) is 26.7 Å². The first kappa shape index (κ1) is 10.0. The number of nitrogens with zero attached hydrogens (tertiary/aromatic N) is 1. The van der Waals surface area contributed by atoms with Gasteiger partial charge in [-0.2, -0.15) is 0 Å². The average molecular weight is 169 g/mol. The van der Waals surface area contributed by atoms with Crippen LogP contribution in [0.2, 0.25) is 0 Å². The summed E-state index contributed by atoms with van der Waals surface area (Å²) in [4.78, 5) is 2.64. The fourth-order valence-corrected chi connectivity index (χ4v) is 2.14. The van der Waals surface area contributed by atoms with E-state index < -0.39 is 0 Å². The Morgan fingerprint density at radius 3 is 2.75 bits per heavy atom. The quantitative estimate of drug-likeness (QED) is 0.611. The van der Waals surface area contributed by atoms with E-state index in [1.54, 1.807) is 0 Å². The van der Waals surface area contributed by atoms with Gasteiger partial charge >= 0.3 is 0 Å². The van der Waals surface area contributed by atoms with Gasteiger partial charge in [0.05, 0.1) is 0 Å². The Kier molecular flexibility index (Phi) is 4.67. The van der Waals surface area contributed by atoms with Crippen LogP contribution in [0.1, 0.15) is 46.0 Å². The highest BCUT2D eigenvalue weighted by Gasteiger charge is 2.20. The molecule has 1 nitrogen and oxygen atoms in total. The minimum atomic E-state index is 1.02. The van der Waals surface area contributed by atoms with Crippen molar-refractivity contribution in [1.29, 1.82) is 0 Å². The predicted molar refractivity (Wildman–Crippen MR) is 54.4 cm³/mol. The van der Waals surface area contributed by atoms with E-state index in [4.69, 9.17) is 0 Å². The zero-order valence-corrected chi connectivity index (χ0v) is 8.68. The molecule has 0 spiro atoms. The highest BCUT2D eigenvalue weighted by atomic mass is 15.1. The fourth-order valence-electron chi connectivity index (χ4n) is 2.14. The number of unbranched alkanes of at least 4 members (excludes halogenated alkanes) is 1. The molecule has 1 saturated heterocycles. The minimum Gasteiger partial charge on any atom is -0.303 e. The van der Waals surface area contributed by atoms with Gasteiger partial charge in [0.2, 0.25) is 0 Å². The SMILES string of the molecule is CCCCN1CC[C@@H](CCC)C1. The van der Waals surface area contributed by atoms with Gasteiger partial charge in [-0.05, 0) is 38.3 Å². The van der Waals surface area contributed by atoms with Gasteiger partial charge in [-0.25, -0.2) is 0 Å². The minimum absolute atomic E-state index is 1.02. The van der Waals surface area contributed by atoms with Crippen molar-refractivity contribution in [3.63, 3.8) is 0 Å². The second-order valence-electron chi connectivity index (χ2n) is 4.10. The molecule has 1 rings (SSSR count). The lowest BCUT2D eigenvalue weighted by atomic mass is 10.0. The van der Waals surface area contributed by atoms with E-state index in [-0.39, 0.29) is 0 Å². The fraction of sp³-hybridized carbons (Fsp3) is 1.00. The van der Waals surface area contributed by atoms with Gasteiger partial charge < -0.3 is 4.90 Å². The van der Waals surface area contributed by atoms with Crippen LogP contribution >= 0.6 is 0 Å². The molecule has 0 amide bonds. The van der Waals surface area contributed by atoms with Crippen molar-refractivity contribution < 1.29 is 0 Å². The zero-order chi connectivity index (χ0) is 8.81. The molecule has 0 saturated carbocycles. The Morgan fingerprint density at radius 2 is 2.08 bits per heavy atom. The van der Waals surface area contributed by atoms with Crippen molar-refractivity contribution in [1.82, 2.24) is 4.90 Å². The summed E-state index contributed by atoms with van der Waals surface area (Å²) in [7, 11) is 0. The van der Waals surface area contributed by atoms with E-state index >= 15 is 0 Å². The molecule has 0 aromatic heterocycles. The molecule has 0 aromatic rings. The van der Waals surface area contributed by atoms with Crippen molar-refractivity contribution >= 4 is 0 Å². The van der Waals surface area contributed by atoms with Crippen LogP contribution in [-0.2, 0) is 0 Å². The summed E-state index contributed by atoms with van der Waals surface area (Å²) in [5, 5.41) is 0. The molecule has 0 aromatic carbocycles. The smallest absolute Gasteiger partial charge is 0.00101 e. The Hall–Kier alpha value is -0.0400. The molecule has 1 fully saturated rings. The van der Waals surface area contributed by atoms with Crippen molar-refractivity contribution in [3.8, 4) is 0 Å². The molecule has 0 bridgehead atoms. The molecule has 1 atom stereocenters. The second kappa shape index (κ2) is 5.58. The highest BCUT2D eigenvalue weighted by Crippen LogP contribution is 2.20. The first-order valence-electron chi connectivity index (χ1n) is 5.59. The van der Waals surface area contributed by atoms with E-state index in [2.05, 4.69) is 18.7 Å². The van der Waals surface area contributed by atoms with E-state index in [9.17, 15) is 0 Å². The van der Waals surface area contributed by atoms with Gasteiger partial charge in [0, 0.05) is 6.54 Å². The molecule has 72 valence electrons. The number of hydrogen-bond donors (Lipinski definition) is 0. The normalized spacial score (nSPS) is 25.0. The maximum Gasteiger partial charge on any atom is 0.00101 e. The van der Waals surface area contributed by atoms with Crippen LogP contribution in [0.5, 0.6) is 0 Å². The van der Waals surface area contributed by atoms with Crippen LogP contribution in [0.4, 0.5) is 0 Å². The molecule has 1 heteroatoms. The summed E-state index contributed by atoms with van der Waals surface area (Å²) in [5.41, 5.74) is 0. The van der Waals surface area contributed by atoms with Crippen LogP contribution < -0.4 is 0 Å². The maximum atomic E-state index is 2.64. The molecule has 1 aliphatic rings. The Balaban J connectivity index is 2.08. The van der Waals surface area contributed by atoms with Crippen molar-refractivity contribution in [2.24, 2.45) is 5.92 Å². The molecular formula is C11H23N. The van der Waals surface area contributed by atoms with Crippen LogP contribution in [0.3, 0.4) is 0 Å². The summed E-state index contributed by atoms with van der Waals surface area (Å²) in [5.74, 6) is 1.02. The Labute approximate surface area is 77.1 Å². The monoisotopic (exact) mass is 169 g/mol. The summed E-state index contributed by atoms with van der Waals surface area (Å²) < 4.78 is 0. The van der Waals surface area contributed by atoms with Crippen LogP contribution in [0.25, 0.3) is 0 Å². The highest BCUT2D eigenvalue weighted by molar-refractivity contribution is 4.74. The molecular weight excluding hydrogens is 146 g/mol. The second-order valence-corrected chi connectivity index (χ2v) is 4.10. The van der Waals surface area contributed by atoms with Crippen molar-refractivity contribution in [2.45, 2.75) is 46.0 Å². The number of rotatable bonds is 5. The van der Waals surface area contributed by atoms with E-state index in [0.717, 1.165) is 5.92 Å². The summed E-state index contributed by atoms with van der Waals surface area (Å²) >= 11 is 0. The Bertz CT molecular complexity index is 112. The van der Waals surface area contributed by atoms with Crippen molar-refractivity contribution in [2.75, 3.05) is 19.6 Å². The lowest BCUT2D eigenvalue weighted by Gasteiger charge is -2.14. The number of hydrogen-bond acceptors (Lipinski definition) is 1. The topological polar surface area (TPSA) is 3.24 Å². The van der Waals surface area contributed by atoms with Gasteiger partial charge in [-0.15, -0.1) is 0 Å². The summed E-state index contributed by atoms with van der Waals surface area (Å²) in [6.07, 6.45) is 7.00. The Morgan fingerprint density at radius 1 is 1.25 bits per heavy atom. The first-order valence-corrected chi connectivity index (χ1v) is 5.59. The number of likely N-dealkylation sites (tertiary alicyclic amines) is 1. The van der Waals surface area contributed by atoms with Gasteiger partial charge in [0.15, 0.2) is 0 Å². The third-order valence-electron chi connectivity index (χ3n) is 2.89. The van der Waals surface area contributed by atoms with Gasteiger partial charge in [0.25, 0.3) is 0 Å². The third kappa shape index (κ3) is 3.14. The lowest BCUT2D eigenvalue weighted by Crippen LogP contribution is -2.21. The molecule has 1 heterocycles. The maximum absolute atomic E-state index is 2.64. The summed E-state index contributed by atoms with van der Waals surface area (Å²) in [6, 6.07) is 0. The zero-order valence-electron chi connectivity index (χ0n) is 8.68. The summed E-state index contributed by atoms with van der Waals surface area (Å²) in [6.45, 7) is 8.67. The van der Waals surface area contributed by atoms with Crippen LogP contribution in [-0.4, -0.2) is 24.5 Å². The van der Waals surface area contributed by atoms with Crippen LogP contribution in [0.15, 0.2) is 0 Å². The van der Waals surface area contributed by atoms with Crippen LogP contribution in [0, 0.1) is 5.92 Å². The van der Waals surface area contributed by atoms with E-state index in [1.165, 1.54) is 51.7 Å². The molecule has 0 N–H and O–H groups in total. The molecule has 0 radical (unpaired) electrons. The third-order valence-corrected chi connectivity index (χ3v) is 2.89. The van der Waals surface area contributed by atoms with Gasteiger partial charge in [-0.3, -0.25) is 0 Å².